The van der Waals surface area contributed by atoms with Crippen molar-refractivity contribution in [1.82, 2.24) is 0 Å². The lowest BCUT2D eigenvalue weighted by Gasteiger charge is -2.24. The van der Waals surface area contributed by atoms with E-state index < -0.39 is 7.94 Å². The van der Waals surface area contributed by atoms with E-state index in [4.69, 9.17) is 9.05 Å². The third-order valence-corrected chi connectivity index (χ3v) is 5.07. The van der Waals surface area contributed by atoms with Gasteiger partial charge in [-0.05, 0) is 6.92 Å². The van der Waals surface area contributed by atoms with E-state index >= 15 is 0 Å². The van der Waals surface area contributed by atoms with E-state index in [-0.39, 0.29) is 5.60 Å². The molecule has 1 saturated heterocycles. The van der Waals surface area contributed by atoms with E-state index in [1.165, 1.54) is 7.11 Å². The molecule has 1 aliphatic heterocycles. The van der Waals surface area contributed by atoms with Gasteiger partial charge in [-0.15, -0.1) is 0 Å². The molecule has 1 aliphatic rings. The molecular weight excluding hydrogens is 231 g/mol. The van der Waals surface area contributed by atoms with Crippen LogP contribution >= 0.6 is 23.9 Å². The van der Waals surface area contributed by atoms with Crippen molar-refractivity contribution in [3.05, 3.63) is 0 Å². The summed E-state index contributed by atoms with van der Waals surface area (Å²) in [4.78, 5) is 11.5. The lowest BCUT2D eigenvalue weighted by Crippen LogP contribution is -2.26. The van der Waals surface area contributed by atoms with Crippen LogP contribution in [0.25, 0.3) is 0 Å². The van der Waals surface area contributed by atoms with Crippen molar-refractivity contribution in [2.75, 3.05) is 18.6 Å². The van der Waals surface area contributed by atoms with Crippen LogP contribution in [0.2, 0.25) is 0 Å². The molecule has 2 atom stereocenters. The fourth-order valence-corrected chi connectivity index (χ4v) is 3.51. The molecule has 0 aromatic rings. The average Bonchev–Trinajstić information content (AvgIpc) is 2.30. The highest BCUT2D eigenvalue weighted by molar-refractivity contribution is 9.09. The second-order valence-electron chi connectivity index (χ2n) is 2.94. The first-order valence-electron chi connectivity index (χ1n) is 3.45. The summed E-state index contributed by atoms with van der Waals surface area (Å²) < 4.78 is 10.1. The minimum atomic E-state index is -2.72. The summed E-state index contributed by atoms with van der Waals surface area (Å²) in [7, 11) is -1.29. The Morgan fingerprint density at radius 1 is 1.82 bits per heavy atom. The van der Waals surface area contributed by atoms with Gasteiger partial charge in [-0.25, -0.2) is 9.05 Å². The third kappa shape index (κ3) is 2.13. The maximum absolute atomic E-state index is 11.5. The minimum Gasteiger partial charge on any atom is -0.631 e. The molecule has 0 aromatic carbocycles. The van der Waals surface area contributed by atoms with E-state index in [2.05, 4.69) is 15.9 Å². The summed E-state index contributed by atoms with van der Waals surface area (Å²) in [5.41, 5.74) is -0.300. The van der Waals surface area contributed by atoms with Crippen LogP contribution in [0.3, 0.4) is 0 Å². The molecule has 0 aromatic heterocycles. The van der Waals surface area contributed by atoms with E-state index in [1.807, 2.05) is 6.92 Å². The molecular formula is C6H12BrO3P. The highest BCUT2D eigenvalue weighted by Crippen LogP contribution is 2.61. The Labute approximate surface area is 75.8 Å². The lowest BCUT2D eigenvalue weighted by molar-refractivity contribution is -0.217. The number of hydrogen-bond acceptors (Lipinski definition) is 3. The van der Waals surface area contributed by atoms with Crippen molar-refractivity contribution in [3.63, 3.8) is 0 Å². The van der Waals surface area contributed by atoms with E-state index in [1.54, 1.807) is 0 Å². The summed E-state index contributed by atoms with van der Waals surface area (Å²) >= 11 is 3.31. The summed E-state index contributed by atoms with van der Waals surface area (Å²) in [6.07, 6.45) is 1.33. The van der Waals surface area contributed by atoms with Crippen molar-refractivity contribution in [1.29, 1.82) is 0 Å². The summed E-state index contributed by atoms with van der Waals surface area (Å²) in [5.74, 6) is 0. The van der Waals surface area contributed by atoms with Crippen molar-refractivity contribution in [2.24, 2.45) is 0 Å². The monoisotopic (exact) mass is 242 g/mol. The normalized spacial score (nSPS) is 44.7. The first-order valence-corrected chi connectivity index (χ1v) is 6.30. The quantitative estimate of drug-likeness (QED) is 0.542. The second kappa shape index (κ2) is 3.27. The zero-order valence-corrected chi connectivity index (χ0v) is 9.15. The van der Waals surface area contributed by atoms with Gasteiger partial charge >= 0.3 is 0 Å². The SMILES string of the molecule is CO[P+]1([O-])CC[C@@](C)(CBr)O1. The van der Waals surface area contributed by atoms with Crippen LogP contribution < -0.4 is 4.89 Å². The maximum Gasteiger partial charge on any atom is 0.238 e. The molecule has 3 nitrogen and oxygen atoms in total. The van der Waals surface area contributed by atoms with Gasteiger partial charge in [0.05, 0.1) is 7.11 Å². The predicted octanol–water partition coefficient (Wildman–Crippen LogP) is 1.33. The summed E-state index contributed by atoms with van der Waals surface area (Å²) in [5, 5.41) is 0.702. The number of rotatable bonds is 2. The highest BCUT2D eigenvalue weighted by Gasteiger charge is 2.47. The summed E-state index contributed by atoms with van der Waals surface area (Å²) in [6.45, 7) is 1.93. The second-order valence-corrected chi connectivity index (χ2v) is 5.72. The highest BCUT2D eigenvalue weighted by atomic mass is 79.9. The molecule has 1 heterocycles. The van der Waals surface area contributed by atoms with Gasteiger partial charge in [0.2, 0.25) is 7.94 Å². The Bertz CT molecular complexity index is 141. The zero-order valence-electron chi connectivity index (χ0n) is 6.67. The van der Waals surface area contributed by atoms with Gasteiger partial charge in [-0.2, -0.15) is 0 Å². The van der Waals surface area contributed by atoms with Crippen LogP contribution in [0.4, 0.5) is 0 Å². The smallest absolute Gasteiger partial charge is 0.238 e. The molecule has 1 fully saturated rings. The van der Waals surface area contributed by atoms with E-state index in [0.29, 0.717) is 11.5 Å². The zero-order chi connectivity index (χ0) is 8.54. The molecule has 1 unspecified atom stereocenters. The molecule has 0 radical (unpaired) electrons. The van der Waals surface area contributed by atoms with Gasteiger partial charge in [0, 0.05) is 11.8 Å². The van der Waals surface area contributed by atoms with Crippen molar-refractivity contribution < 1.29 is 13.9 Å². The van der Waals surface area contributed by atoms with E-state index in [0.717, 1.165) is 6.42 Å². The van der Waals surface area contributed by atoms with Gasteiger partial charge < -0.3 is 4.89 Å². The van der Waals surface area contributed by atoms with Gasteiger partial charge in [-0.3, -0.25) is 0 Å². The van der Waals surface area contributed by atoms with Crippen molar-refractivity contribution in [2.45, 2.75) is 18.9 Å². The van der Waals surface area contributed by atoms with Gasteiger partial charge in [-0.1, -0.05) is 15.9 Å². The molecule has 5 heteroatoms. The van der Waals surface area contributed by atoms with Gasteiger partial charge in [0.1, 0.15) is 11.8 Å². The molecule has 0 amide bonds. The number of alkyl halides is 1. The van der Waals surface area contributed by atoms with Crippen LogP contribution in [-0.4, -0.2) is 24.2 Å². The van der Waals surface area contributed by atoms with Crippen molar-refractivity contribution in [3.8, 4) is 0 Å². The van der Waals surface area contributed by atoms with Crippen LogP contribution in [0.15, 0.2) is 0 Å². The van der Waals surface area contributed by atoms with E-state index in [9.17, 15) is 4.89 Å². The predicted molar refractivity (Wildman–Crippen MR) is 46.7 cm³/mol. The molecule has 0 aliphatic carbocycles. The fraction of sp³-hybridized carbons (Fsp3) is 1.00. The molecule has 66 valence electrons. The van der Waals surface area contributed by atoms with Gasteiger partial charge in [0.15, 0.2) is 0 Å². The molecule has 0 spiro atoms. The standard InChI is InChI=1S/C6H12BrO3P/c1-6(5-7)3-4-11(8,9-2)10-6/h3-5H2,1-2H3/t6-,11?/m0/s1. The lowest BCUT2D eigenvalue weighted by atomic mass is 10.1. The third-order valence-electron chi connectivity index (χ3n) is 1.83. The average molecular weight is 243 g/mol. The first-order chi connectivity index (χ1) is 5.04. The Hall–Kier alpha value is 0.790. The van der Waals surface area contributed by atoms with Crippen LogP contribution in [-0.2, 0) is 9.05 Å². The minimum absolute atomic E-state index is 0.300. The van der Waals surface area contributed by atoms with Crippen LogP contribution in [0, 0.1) is 0 Å². The topological polar surface area (TPSA) is 41.5 Å². The molecule has 0 N–H and O–H groups in total. The van der Waals surface area contributed by atoms with Crippen molar-refractivity contribution >= 4 is 23.9 Å². The summed E-state index contributed by atoms with van der Waals surface area (Å²) in [6, 6.07) is 0. The Morgan fingerprint density at radius 2 is 2.45 bits per heavy atom. The molecule has 0 bridgehead atoms. The number of halogens is 1. The fourth-order valence-electron chi connectivity index (χ4n) is 1.02. The van der Waals surface area contributed by atoms with Crippen LogP contribution in [0.5, 0.6) is 0 Å². The largest absolute Gasteiger partial charge is 0.631 e. The first kappa shape index (κ1) is 9.87. The Balaban J connectivity index is 2.58. The maximum atomic E-state index is 11.5. The number of hydrogen-bond donors (Lipinski definition) is 0. The van der Waals surface area contributed by atoms with Gasteiger partial charge in [0.25, 0.3) is 0 Å². The Morgan fingerprint density at radius 3 is 2.73 bits per heavy atom. The van der Waals surface area contributed by atoms with Crippen LogP contribution in [0.1, 0.15) is 13.3 Å². The molecule has 1 rings (SSSR count). The Kier molecular flexibility index (Phi) is 2.93. The molecule has 11 heavy (non-hydrogen) atoms. The molecule has 0 saturated carbocycles.